The van der Waals surface area contributed by atoms with Crippen LogP contribution in [0.4, 0.5) is 15.8 Å². The average Bonchev–Trinajstić information content (AvgIpc) is 2.65. The van der Waals surface area contributed by atoms with Gasteiger partial charge in [0, 0.05) is 17.8 Å². The van der Waals surface area contributed by atoms with Gasteiger partial charge in [-0.15, -0.1) is 0 Å². The van der Waals surface area contributed by atoms with Crippen molar-refractivity contribution in [2.24, 2.45) is 0 Å². The summed E-state index contributed by atoms with van der Waals surface area (Å²) in [6.45, 7) is 4.82. The Morgan fingerprint density at radius 2 is 1.72 bits per heavy atom. The Hall–Kier alpha value is -2.48. The summed E-state index contributed by atoms with van der Waals surface area (Å²) in [5.74, 6) is -1.23. The summed E-state index contributed by atoms with van der Waals surface area (Å²) in [7, 11) is 1.55. The molecule has 156 valence electrons. The molecule has 1 atom stereocenters. The van der Waals surface area contributed by atoms with Crippen LogP contribution in [0.1, 0.15) is 11.1 Å². The molecule has 0 aromatic heterocycles. The molecule has 0 heterocycles. The van der Waals surface area contributed by atoms with Gasteiger partial charge >= 0.3 is 0 Å². The lowest BCUT2D eigenvalue weighted by Gasteiger charge is -2.19. The summed E-state index contributed by atoms with van der Waals surface area (Å²) < 4.78 is 19.0. The number of nitrogens with one attached hydrogen (secondary N) is 3. The molecule has 2 aromatic carbocycles. The van der Waals surface area contributed by atoms with Crippen LogP contribution in [-0.4, -0.2) is 45.2 Å². The van der Waals surface area contributed by atoms with Crippen molar-refractivity contribution in [2.45, 2.75) is 13.8 Å². The highest BCUT2D eigenvalue weighted by Gasteiger charge is 2.19. The molecule has 6 nitrogen and oxygen atoms in total. The maximum atomic E-state index is 13.9. The van der Waals surface area contributed by atoms with Crippen LogP contribution in [0.2, 0.25) is 5.02 Å². The SMILES string of the molecule is COCC[NH+](CC(=O)Nc1ccc(Cl)cc1F)CC(=O)Nc1cccc(C)c1C. The fraction of sp³-hybridized carbons (Fsp3) is 0.333. The molecule has 0 saturated heterocycles. The molecule has 2 aromatic rings. The molecule has 0 bridgehead atoms. The van der Waals surface area contributed by atoms with Crippen LogP contribution >= 0.6 is 11.6 Å². The number of amides is 2. The van der Waals surface area contributed by atoms with Gasteiger partial charge in [0.2, 0.25) is 0 Å². The molecule has 0 aliphatic rings. The topological polar surface area (TPSA) is 71.9 Å². The van der Waals surface area contributed by atoms with E-state index < -0.39 is 11.7 Å². The normalized spacial score (nSPS) is 11.8. The van der Waals surface area contributed by atoms with E-state index in [2.05, 4.69) is 10.6 Å². The lowest BCUT2D eigenvalue weighted by molar-refractivity contribution is -0.883. The fourth-order valence-electron chi connectivity index (χ4n) is 2.81. The maximum absolute atomic E-state index is 13.9. The number of anilines is 2. The van der Waals surface area contributed by atoms with E-state index in [4.69, 9.17) is 16.3 Å². The van der Waals surface area contributed by atoms with Crippen LogP contribution in [0.3, 0.4) is 0 Å². The summed E-state index contributed by atoms with van der Waals surface area (Å²) >= 11 is 5.72. The number of quaternary nitrogens is 1. The highest BCUT2D eigenvalue weighted by atomic mass is 35.5. The van der Waals surface area contributed by atoms with Gasteiger partial charge in [-0.2, -0.15) is 0 Å². The first kappa shape index (κ1) is 22.8. The number of ether oxygens (including phenoxy) is 1. The Labute approximate surface area is 175 Å². The molecule has 0 saturated carbocycles. The van der Waals surface area contributed by atoms with Crippen molar-refractivity contribution in [1.82, 2.24) is 0 Å². The highest BCUT2D eigenvalue weighted by molar-refractivity contribution is 6.30. The van der Waals surface area contributed by atoms with Crippen LogP contribution in [0, 0.1) is 19.7 Å². The summed E-state index contributed by atoms with van der Waals surface area (Å²) in [6.07, 6.45) is 0. The predicted molar refractivity (Wildman–Crippen MR) is 112 cm³/mol. The van der Waals surface area contributed by atoms with E-state index >= 15 is 0 Å². The second-order valence-corrected chi connectivity index (χ2v) is 7.25. The molecule has 1 unspecified atom stereocenters. The van der Waals surface area contributed by atoms with E-state index in [9.17, 15) is 14.0 Å². The van der Waals surface area contributed by atoms with Crippen LogP contribution in [0.15, 0.2) is 36.4 Å². The molecule has 0 spiro atoms. The van der Waals surface area contributed by atoms with E-state index in [1.54, 1.807) is 7.11 Å². The van der Waals surface area contributed by atoms with Crippen LogP contribution in [0.25, 0.3) is 0 Å². The first-order valence-electron chi connectivity index (χ1n) is 9.23. The van der Waals surface area contributed by atoms with E-state index in [0.717, 1.165) is 22.9 Å². The molecular weight excluding hydrogens is 397 g/mol. The molecule has 0 aliphatic carbocycles. The van der Waals surface area contributed by atoms with Gasteiger partial charge in [-0.05, 0) is 49.2 Å². The third kappa shape index (κ3) is 7.12. The van der Waals surface area contributed by atoms with Gasteiger partial charge < -0.3 is 20.3 Å². The minimum absolute atomic E-state index is 0.00829. The average molecular weight is 423 g/mol. The minimum Gasteiger partial charge on any atom is -0.379 e. The lowest BCUT2D eigenvalue weighted by atomic mass is 10.1. The number of halogens is 2. The molecule has 29 heavy (non-hydrogen) atoms. The van der Waals surface area contributed by atoms with Crippen molar-refractivity contribution < 1.29 is 23.6 Å². The number of carbonyl (C=O) groups excluding carboxylic acids is 2. The lowest BCUT2D eigenvalue weighted by Crippen LogP contribution is -3.14. The molecule has 0 fully saturated rings. The largest absolute Gasteiger partial charge is 0.379 e. The third-order valence-electron chi connectivity index (χ3n) is 4.56. The minimum atomic E-state index is -0.614. The van der Waals surface area contributed by atoms with E-state index in [1.807, 2.05) is 32.0 Å². The summed E-state index contributed by atoms with van der Waals surface area (Å²) in [5, 5.41) is 5.65. The Morgan fingerprint density at radius 3 is 2.34 bits per heavy atom. The molecule has 3 N–H and O–H groups in total. The van der Waals surface area contributed by atoms with E-state index in [-0.39, 0.29) is 29.7 Å². The standard InChI is InChI=1S/C21H25ClFN3O3/c1-14-5-4-6-18(15(14)2)24-20(27)12-26(9-10-29-3)13-21(28)25-19-8-7-16(22)11-17(19)23/h4-8,11H,9-10,12-13H2,1-3H3,(H,24,27)(H,25,28)/p+1. The number of carbonyl (C=O) groups is 2. The van der Waals surface area contributed by atoms with Crippen molar-refractivity contribution in [1.29, 1.82) is 0 Å². The van der Waals surface area contributed by atoms with Gasteiger partial charge in [0.15, 0.2) is 13.1 Å². The van der Waals surface area contributed by atoms with Gasteiger partial charge in [0.1, 0.15) is 12.4 Å². The van der Waals surface area contributed by atoms with Crippen molar-refractivity contribution in [3.8, 4) is 0 Å². The van der Waals surface area contributed by atoms with Crippen LogP contribution in [0.5, 0.6) is 0 Å². The monoisotopic (exact) mass is 422 g/mol. The van der Waals surface area contributed by atoms with Gasteiger partial charge in [0.05, 0.1) is 12.3 Å². The zero-order valence-corrected chi connectivity index (χ0v) is 17.5. The summed E-state index contributed by atoms with van der Waals surface area (Å²) in [4.78, 5) is 25.6. The maximum Gasteiger partial charge on any atom is 0.279 e. The molecule has 0 aliphatic heterocycles. The van der Waals surface area contributed by atoms with Crippen molar-refractivity contribution in [3.63, 3.8) is 0 Å². The second-order valence-electron chi connectivity index (χ2n) is 6.81. The summed E-state index contributed by atoms with van der Waals surface area (Å²) in [6, 6.07) is 9.71. The van der Waals surface area contributed by atoms with E-state index in [1.165, 1.54) is 12.1 Å². The first-order chi connectivity index (χ1) is 13.8. The van der Waals surface area contributed by atoms with Crippen molar-refractivity contribution in [2.75, 3.05) is 44.0 Å². The molecule has 2 amide bonds. The Balaban J connectivity index is 1.99. The van der Waals surface area contributed by atoms with Gasteiger partial charge in [0.25, 0.3) is 11.8 Å². The number of aryl methyl sites for hydroxylation is 1. The fourth-order valence-corrected chi connectivity index (χ4v) is 2.96. The first-order valence-corrected chi connectivity index (χ1v) is 9.61. The third-order valence-corrected chi connectivity index (χ3v) is 4.80. The number of rotatable bonds is 9. The van der Waals surface area contributed by atoms with Crippen LogP contribution < -0.4 is 15.5 Å². The number of methoxy groups -OCH3 is 1. The van der Waals surface area contributed by atoms with E-state index in [0.29, 0.717) is 18.1 Å². The molecular formula is C21H26ClFN3O3+. The second kappa shape index (κ2) is 10.9. The highest BCUT2D eigenvalue weighted by Crippen LogP contribution is 2.19. The summed E-state index contributed by atoms with van der Waals surface area (Å²) in [5.41, 5.74) is 2.87. The number of hydrogen-bond acceptors (Lipinski definition) is 3. The van der Waals surface area contributed by atoms with Gasteiger partial charge in [-0.25, -0.2) is 4.39 Å². The predicted octanol–water partition coefficient (Wildman–Crippen LogP) is 2.20. The Kier molecular flexibility index (Phi) is 8.57. The zero-order chi connectivity index (χ0) is 21.4. The Bertz CT molecular complexity index is 876. The molecule has 2 rings (SSSR count). The molecule has 0 radical (unpaired) electrons. The Morgan fingerprint density at radius 1 is 1.07 bits per heavy atom. The van der Waals surface area contributed by atoms with Crippen molar-refractivity contribution >= 4 is 34.8 Å². The zero-order valence-electron chi connectivity index (χ0n) is 16.8. The number of benzene rings is 2. The van der Waals surface area contributed by atoms with Gasteiger partial charge in [-0.3, -0.25) is 9.59 Å². The van der Waals surface area contributed by atoms with Crippen molar-refractivity contribution in [3.05, 3.63) is 58.4 Å². The molecule has 8 heteroatoms. The van der Waals surface area contributed by atoms with Gasteiger partial charge in [-0.1, -0.05) is 23.7 Å². The smallest absolute Gasteiger partial charge is 0.279 e. The number of hydrogen-bond donors (Lipinski definition) is 3. The quantitative estimate of drug-likeness (QED) is 0.580. The van der Waals surface area contributed by atoms with Crippen LogP contribution in [-0.2, 0) is 14.3 Å².